The second kappa shape index (κ2) is 6.79. The zero-order valence-corrected chi connectivity index (χ0v) is 11.4. The summed E-state index contributed by atoms with van der Waals surface area (Å²) in [5, 5.41) is 7.19. The molecule has 0 fully saturated rings. The van der Waals surface area contributed by atoms with E-state index in [4.69, 9.17) is 4.74 Å². The number of ether oxygens (including phenoxy) is 1. The Morgan fingerprint density at radius 3 is 2.58 bits per heavy atom. The third-order valence-corrected chi connectivity index (χ3v) is 2.86. The molecule has 1 aromatic heterocycles. The lowest BCUT2D eigenvalue weighted by Crippen LogP contribution is -2.26. The molecule has 0 saturated carbocycles. The number of nitrogens with zero attached hydrogens (tertiary/aromatic N) is 2. The van der Waals surface area contributed by atoms with Gasteiger partial charge in [0, 0.05) is 13.0 Å². The summed E-state index contributed by atoms with van der Waals surface area (Å²) in [5.41, 5.74) is 0.677. The average molecular weight is 279 g/mol. The summed E-state index contributed by atoms with van der Waals surface area (Å²) < 4.78 is 44.0. The van der Waals surface area contributed by atoms with Gasteiger partial charge in [0.05, 0.1) is 25.0 Å². The lowest BCUT2D eigenvalue weighted by atomic mass is 10.1. The Balaban J connectivity index is 2.94. The number of aryl methyl sites for hydroxylation is 1. The van der Waals surface area contributed by atoms with Gasteiger partial charge in [-0.05, 0) is 19.9 Å². The number of rotatable bonds is 7. The molecule has 1 heterocycles. The van der Waals surface area contributed by atoms with Crippen molar-refractivity contribution in [2.75, 3.05) is 13.7 Å². The predicted octanol–water partition coefficient (Wildman–Crippen LogP) is 2.90. The molecule has 0 spiro atoms. The molecule has 4 nitrogen and oxygen atoms in total. The highest BCUT2D eigenvalue weighted by Gasteiger charge is 2.30. The largest absolute Gasteiger partial charge is 0.493 e. The molecule has 0 aromatic carbocycles. The highest BCUT2D eigenvalue weighted by molar-refractivity contribution is 5.28. The molecule has 1 atom stereocenters. The molecule has 110 valence electrons. The summed E-state index contributed by atoms with van der Waals surface area (Å²) in [6, 6.07) is -0.413. The van der Waals surface area contributed by atoms with E-state index in [-0.39, 0.29) is 6.42 Å². The van der Waals surface area contributed by atoms with E-state index in [1.807, 2.05) is 13.8 Å². The molecule has 1 aromatic rings. The van der Waals surface area contributed by atoms with E-state index in [2.05, 4.69) is 10.4 Å². The maximum atomic E-state index is 12.4. The Morgan fingerprint density at radius 1 is 1.42 bits per heavy atom. The van der Waals surface area contributed by atoms with Crippen LogP contribution >= 0.6 is 0 Å². The van der Waals surface area contributed by atoms with Gasteiger partial charge in [-0.3, -0.25) is 4.68 Å². The Hall–Kier alpha value is -1.24. The molecule has 7 heteroatoms. The number of alkyl halides is 3. The number of hydrogen-bond acceptors (Lipinski definition) is 3. The quantitative estimate of drug-likeness (QED) is 0.834. The number of hydrogen-bond donors (Lipinski definition) is 1. The smallest absolute Gasteiger partial charge is 0.389 e. The van der Waals surface area contributed by atoms with E-state index in [1.54, 1.807) is 4.68 Å². The van der Waals surface area contributed by atoms with Crippen LogP contribution in [0.15, 0.2) is 6.20 Å². The van der Waals surface area contributed by atoms with Gasteiger partial charge in [-0.2, -0.15) is 18.3 Å². The van der Waals surface area contributed by atoms with Crippen LogP contribution in [0.3, 0.4) is 0 Å². The van der Waals surface area contributed by atoms with Crippen LogP contribution in [-0.2, 0) is 6.54 Å². The van der Waals surface area contributed by atoms with Gasteiger partial charge < -0.3 is 10.1 Å². The molecule has 1 N–H and O–H groups in total. The van der Waals surface area contributed by atoms with Gasteiger partial charge in [0.15, 0.2) is 5.75 Å². The van der Waals surface area contributed by atoms with Gasteiger partial charge in [0.1, 0.15) is 0 Å². The summed E-state index contributed by atoms with van der Waals surface area (Å²) >= 11 is 0. The Kier molecular flexibility index (Phi) is 5.65. The van der Waals surface area contributed by atoms with Crippen LogP contribution in [0.1, 0.15) is 38.4 Å². The molecule has 0 aliphatic carbocycles. The lowest BCUT2D eigenvalue weighted by Gasteiger charge is -2.21. The fraction of sp³-hybridized carbons (Fsp3) is 0.750. The zero-order valence-electron chi connectivity index (χ0n) is 11.4. The van der Waals surface area contributed by atoms with Crippen molar-refractivity contribution in [2.24, 2.45) is 0 Å². The minimum absolute atomic E-state index is 0.0284. The minimum Gasteiger partial charge on any atom is -0.493 e. The van der Waals surface area contributed by atoms with E-state index in [0.717, 1.165) is 0 Å². The van der Waals surface area contributed by atoms with E-state index >= 15 is 0 Å². The van der Waals surface area contributed by atoms with Crippen molar-refractivity contribution in [3.8, 4) is 5.75 Å². The van der Waals surface area contributed by atoms with Gasteiger partial charge >= 0.3 is 6.18 Å². The van der Waals surface area contributed by atoms with Crippen molar-refractivity contribution < 1.29 is 17.9 Å². The van der Waals surface area contributed by atoms with Crippen LogP contribution in [0.5, 0.6) is 5.75 Å². The first-order valence-electron chi connectivity index (χ1n) is 6.32. The Morgan fingerprint density at radius 2 is 2.11 bits per heavy atom. The maximum Gasteiger partial charge on any atom is 0.389 e. The lowest BCUT2D eigenvalue weighted by molar-refractivity contribution is -0.136. The third kappa shape index (κ3) is 4.41. The van der Waals surface area contributed by atoms with Gasteiger partial charge in [-0.1, -0.05) is 6.92 Å². The normalized spacial score (nSPS) is 13.6. The summed E-state index contributed by atoms with van der Waals surface area (Å²) in [4.78, 5) is 0. The fourth-order valence-corrected chi connectivity index (χ4v) is 2.03. The molecule has 19 heavy (non-hydrogen) atoms. The summed E-state index contributed by atoms with van der Waals surface area (Å²) in [5.74, 6) is 0.523. The summed E-state index contributed by atoms with van der Waals surface area (Å²) in [6.45, 7) is 4.93. The van der Waals surface area contributed by atoms with Gasteiger partial charge in [-0.25, -0.2) is 0 Å². The average Bonchev–Trinajstić information content (AvgIpc) is 2.76. The zero-order chi connectivity index (χ0) is 14.5. The van der Waals surface area contributed by atoms with E-state index in [1.165, 1.54) is 13.3 Å². The molecule has 1 unspecified atom stereocenters. The molecule has 0 aliphatic heterocycles. The number of halogens is 3. The van der Waals surface area contributed by atoms with Crippen LogP contribution in [0.25, 0.3) is 0 Å². The minimum atomic E-state index is -4.15. The summed E-state index contributed by atoms with van der Waals surface area (Å²) in [7, 11) is 1.49. The van der Waals surface area contributed by atoms with Gasteiger partial charge in [0.2, 0.25) is 0 Å². The topological polar surface area (TPSA) is 39.1 Å². The van der Waals surface area contributed by atoms with Crippen molar-refractivity contribution in [1.82, 2.24) is 15.1 Å². The van der Waals surface area contributed by atoms with E-state index in [0.29, 0.717) is 24.5 Å². The number of methoxy groups -OCH3 is 1. The fourth-order valence-electron chi connectivity index (χ4n) is 2.03. The molecule has 0 bridgehead atoms. The van der Waals surface area contributed by atoms with Crippen LogP contribution in [0, 0.1) is 0 Å². The monoisotopic (exact) mass is 279 g/mol. The number of aromatic nitrogens is 2. The first-order valence-corrected chi connectivity index (χ1v) is 6.32. The van der Waals surface area contributed by atoms with Gasteiger partial charge in [-0.15, -0.1) is 0 Å². The van der Waals surface area contributed by atoms with Crippen LogP contribution in [-0.4, -0.2) is 29.6 Å². The standard InChI is InChI=1S/C12H20F3N3O/c1-4-16-9(6-7-12(13,14)15)11-10(19-3)8-17-18(11)5-2/h8-9,16H,4-7H2,1-3H3. The van der Waals surface area contributed by atoms with Crippen LogP contribution in [0.2, 0.25) is 0 Å². The second-order valence-electron chi connectivity index (χ2n) is 4.18. The third-order valence-electron chi connectivity index (χ3n) is 2.86. The number of nitrogens with one attached hydrogen (secondary N) is 1. The molecular formula is C12H20F3N3O. The van der Waals surface area contributed by atoms with Crippen molar-refractivity contribution >= 4 is 0 Å². The van der Waals surface area contributed by atoms with Crippen molar-refractivity contribution in [3.05, 3.63) is 11.9 Å². The molecule has 0 aliphatic rings. The first kappa shape index (κ1) is 15.8. The Labute approximate surface area is 110 Å². The second-order valence-corrected chi connectivity index (χ2v) is 4.18. The van der Waals surface area contributed by atoms with Crippen molar-refractivity contribution in [1.29, 1.82) is 0 Å². The first-order chi connectivity index (χ1) is 8.92. The molecule has 1 rings (SSSR count). The van der Waals surface area contributed by atoms with Gasteiger partial charge in [0.25, 0.3) is 0 Å². The highest BCUT2D eigenvalue weighted by atomic mass is 19.4. The highest BCUT2D eigenvalue weighted by Crippen LogP contribution is 2.32. The summed E-state index contributed by atoms with van der Waals surface area (Å²) in [6.07, 6.45) is -3.48. The molecule has 0 radical (unpaired) electrons. The van der Waals surface area contributed by atoms with E-state index in [9.17, 15) is 13.2 Å². The molecule has 0 amide bonds. The predicted molar refractivity (Wildman–Crippen MR) is 66.2 cm³/mol. The SMILES string of the molecule is CCNC(CCC(F)(F)F)c1c(OC)cnn1CC. The van der Waals surface area contributed by atoms with Crippen LogP contribution < -0.4 is 10.1 Å². The molecule has 0 saturated heterocycles. The van der Waals surface area contributed by atoms with E-state index < -0.39 is 18.6 Å². The van der Waals surface area contributed by atoms with Crippen LogP contribution in [0.4, 0.5) is 13.2 Å². The van der Waals surface area contributed by atoms with Crippen molar-refractivity contribution in [2.45, 2.75) is 45.5 Å². The maximum absolute atomic E-state index is 12.4. The van der Waals surface area contributed by atoms with Crippen molar-refractivity contribution in [3.63, 3.8) is 0 Å². The Bertz CT molecular complexity index is 369. The molecular weight excluding hydrogens is 259 g/mol.